The van der Waals surface area contributed by atoms with Crippen LogP contribution in [-0.4, -0.2) is 19.0 Å². The highest BCUT2D eigenvalue weighted by Gasteiger charge is 2.32. The molecule has 1 saturated carbocycles. The largest absolute Gasteiger partial charge is 0.396 e. The summed E-state index contributed by atoms with van der Waals surface area (Å²) in [4.78, 5) is 11.9. The Kier molecular flexibility index (Phi) is 3.44. The first kappa shape index (κ1) is 11.4. The molecule has 1 atom stereocenters. The van der Waals surface area contributed by atoms with Gasteiger partial charge in [-0.15, -0.1) is 0 Å². The molecule has 0 spiro atoms. The lowest BCUT2D eigenvalue weighted by molar-refractivity contribution is -0.120. The van der Waals surface area contributed by atoms with Crippen molar-refractivity contribution in [2.45, 2.75) is 31.8 Å². The summed E-state index contributed by atoms with van der Waals surface area (Å²) in [6.07, 6.45) is 10.2. The van der Waals surface area contributed by atoms with Gasteiger partial charge >= 0.3 is 0 Å². The Morgan fingerprint density at radius 1 is 1.31 bits per heavy atom. The lowest BCUT2D eigenvalue weighted by Gasteiger charge is -2.32. The van der Waals surface area contributed by atoms with Gasteiger partial charge in [-0.1, -0.05) is 12.2 Å². The van der Waals surface area contributed by atoms with E-state index < -0.39 is 0 Å². The molecule has 3 heteroatoms. The average Bonchev–Trinajstić information content (AvgIpc) is 2.33. The molecule has 2 aliphatic rings. The summed E-state index contributed by atoms with van der Waals surface area (Å²) in [5, 5.41) is 0. The Morgan fingerprint density at radius 3 is 2.62 bits per heavy atom. The van der Waals surface area contributed by atoms with Gasteiger partial charge in [0.1, 0.15) is 0 Å². The molecular weight excluding hydrogens is 202 g/mol. The van der Waals surface area contributed by atoms with Crippen LogP contribution in [0.1, 0.15) is 25.7 Å². The van der Waals surface area contributed by atoms with Crippen molar-refractivity contribution in [3.05, 3.63) is 23.9 Å². The van der Waals surface area contributed by atoms with E-state index in [1.54, 1.807) is 13.2 Å². The molecule has 1 fully saturated rings. The van der Waals surface area contributed by atoms with Gasteiger partial charge in [0.15, 0.2) is 5.78 Å². The van der Waals surface area contributed by atoms with Gasteiger partial charge in [0.05, 0.1) is 11.8 Å². The Morgan fingerprint density at radius 2 is 2.00 bits per heavy atom. The minimum atomic E-state index is 0.00260. The van der Waals surface area contributed by atoms with E-state index in [-0.39, 0.29) is 11.7 Å². The lowest BCUT2D eigenvalue weighted by Crippen LogP contribution is -2.32. The molecule has 0 amide bonds. The van der Waals surface area contributed by atoms with Gasteiger partial charge in [0, 0.05) is 13.0 Å². The van der Waals surface area contributed by atoms with Crippen LogP contribution >= 0.6 is 0 Å². The second kappa shape index (κ2) is 4.83. The van der Waals surface area contributed by atoms with Gasteiger partial charge < -0.3 is 10.5 Å². The summed E-state index contributed by atoms with van der Waals surface area (Å²) < 4.78 is 5.34. The second-order valence-electron chi connectivity index (χ2n) is 4.67. The normalized spacial score (nSPS) is 34.9. The number of ketones is 1. The third kappa shape index (κ3) is 2.19. The third-order valence-corrected chi connectivity index (χ3v) is 3.74. The maximum atomic E-state index is 11.9. The number of methoxy groups -OCH3 is 1. The van der Waals surface area contributed by atoms with Gasteiger partial charge in [-0.25, -0.2) is 0 Å². The first-order chi connectivity index (χ1) is 7.72. The topological polar surface area (TPSA) is 52.3 Å². The van der Waals surface area contributed by atoms with E-state index in [9.17, 15) is 4.79 Å². The number of rotatable bonds is 2. The molecular formula is C13H19NO2. The van der Waals surface area contributed by atoms with Crippen molar-refractivity contribution in [3.63, 3.8) is 0 Å². The summed E-state index contributed by atoms with van der Waals surface area (Å²) >= 11 is 0. The molecule has 0 bridgehead atoms. The molecule has 0 aromatic rings. The SMILES string of the molecule is CO[C@H]1CC[C@@H](C2C=CC=C(N)C2=O)CC1. The van der Waals surface area contributed by atoms with Gasteiger partial charge in [-0.2, -0.15) is 0 Å². The number of ether oxygens (including phenoxy) is 1. The number of nitrogens with two attached hydrogens (primary N) is 1. The summed E-state index contributed by atoms with van der Waals surface area (Å²) in [6, 6.07) is 0. The van der Waals surface area contributed by atoms with Crippen LogP contribution in [0.4, 0.5) is 0 Å². The van der Waals surface area contributed by atoms with Crippen LogP contribution < -0.4 is 5.73 Å². The molecule has 2 N–H and O–H groups in total. The fourth-order valence-corrected chi connectivity index (χ4v) is 2.70. The monoisotopic (exact) mass is 221 g/mol. The van der Waals surface area contributed by atoms with E-state index in [1.807, 2.05) is 12.2 Å². The van der Waals surface area contributed by atoms with Gasteiger partial charge in [-0.3, -0.25) is 4.79 Å². The van der Waals surface area contributed by atoms with Crippen molar-refractivity contribution in [1.82, 2.24) is 0 Å². The van der Waals surface area contributed by atoms with Gasteiger partial charge in [0.25, 0.3) is 0 Å². The van der Waals surface area contributed by atoms with Crippen molar-refractivity contribution in [1.29, 1.82) is 0 Å². The van der Waals surface area contributed by atoms with E-state index in [0.717, 1.165) is 25.7 Å². The molecule has 0 radical (unpaired) electrons. The van der Waals surface area contributed by atoms with E-state index in [0.29, 0.717) is 17.7 Å². The quantitative estimate of drug-likeness (QED) is 0.773. The Bertz CT molecular complexity index is 325. The fourth-order valence-electron chi connectivity index (χ4n) is 2.70. The zero-order valence-electron chi connectivity index (χ0n) is 9.69. The van der Waals surface area contributed by atoms with Crippen LogP contribution in [-0.2, 0) is 9.53 Å². The molecule has 0 aromatic heterocycles. The van der Waals surface area contributed by atoms with Crippen LogP contribution in [0.2, 0.25) is 0 Å². The number of hydrogen-bond acceptors (Lipinski definition) is 3. The maximum absolute atomic E-state index is 11.9. The Labute approximate surface area is 96.3 Å². The zero-order chi connectivity index (χ0) is 11.5. The number of allylic oxidation sites excluding steroid dienone is 4. The first-order valence-electron chi connectivity index (χ1n) is 5.93. The van der Waals surface area contributed by atoms with Gasteiger partial charge in [0.2, 0.25) is 0 Å². The van der Waals surface area contributed by atoms with Crippen LogP contribution in [0.25, 0.3) is 0 Å². The van der Waals surface area contributed by atoms with E-state index >= 15 is 0 Å². The lowest BCUT2D eigenvalue weighted by atomic mass is 9.75. The molecule has 0 aromatic carbocycles. The molecule has 0 aliphatic heterocycles. The molecule has 0 saturated heterocycles. The van der Waals surface area contributed by atoms with Crippen molar-refractivity contribution in [2.24, 2.45) is 17.6 Å². The number of carbonyl (C=O) groups is 1. The zero-order valence-corrected chi connectivity index (χ0v) is 9.69. The number of carbonyl (C=O) groups excluding carboxylic acids is 1. The third-order valence-electron chi connectivity index (χ3n) is 3.74. The summed E-state index contributed by atoms with van der Waals surface area (Å²) in [5.74, 6) is 0.550. The van der Waals surface area contributed by atoms with Crippen LogP contribution in [0.5, 0.6) is 0 Å². The molecule has 3 nitrogen and oxygen atoms in total. The van der Waals surface area contributed by atoms with E-state index in [2.05, 4.69) is 0 Å². The van der Waals surface area contributed by atoms with Crippen molar-refractivity contribution < 1.29 is 9.53 Å². The minimum absolute atomic E-state index is 0.00260. The predicted molar refractivity (Wildman–Crippen MR) is 62.7 cm³/mol. The second-order valence-corrected chi connectivity index (χ2v) is 4.67. The van der Waals surface area contributed by atoms with Crippen LogP contribution in [0.15, 0.2) is 23.9 Å². The first-order valence-corrected chi connectivity index (χ1v) is 5.93. The van der Waals surface area contributed by atoms with Crippen LogP contribution in [0.3, 0.4) is 0 Å². The van der Waals surface area contributed by atoms with Crippen molar-refractivity contribution >= 4 is 5.78 Å². The molecule has 88 valence electrons. The summed E-state index contributed by atoms with van der Waals surface area (Å²) in [6.45, 7) is 0. The minimum Gasteiger partial charge on any atom is -0.396 e. The summed E-state index contributed by atoms with van der Waals surface area (Å²) in [5.41, 5.74) is 6.07. The smallest absolute Gasteiger partial charge is 0.185 e. The Hall–Kier alpha value is -1.09. The summed E-state index contributed by atoms with van der Waals surface area (Å²) in [7, 11) is 1.76. The predicted octanol–water partition coefficient (Wildman–Crippen LogP) is 1.79. The molecule has 2 rings (SSSR count). The highest BCUT2D eigenvalue weighted by atomic mass is 16.5. The van der Waals surface area contributed by atoms with Crippen molar-refractivity contribution in [3.8, 4) is 0 Å². The maximum Gasteiger partial charge on any atom is 0.185 e. The van der Waals surface area contributed by atoms with Gasteiger partial charge in [-0.05, 0) is 37.7 Å². The van der Waals surface area contributed by atoms with E-state index in [1.165, 1.54) is 0 Å². The van der Waals surface area contributed by atoms with E-state index in [4.69, 9.17) is 10.5 Å². The number of hydrogen-bond donors (Lipinski definition) is 1. The molecule has 16 heavy (non-hydrogen) atoms. The van der Waals surface area contributed by atoms with Crippen LogP contribution in [0, 0.1) is 11.8 Å². The highest BCUT2D eigenvalue weighted by Crippen LogP contribution is 2.34. The van der Waals surface area contributed by atoms with Crippen molar-refractivity contribution in [2.75, 3.05) is 7.11 Å². The highest BCUT2D eigenvalue weighted by molar-refractivity contribution is 5.98. The molecule has 0 heterocycles. The number of Topliss-reactive ketones (excluding diaryl/α,β-unsaturated/α-hetero) is 1. The Balaban J connectivity index is 1.97. The fraction of sp³-hybridized carbons (Fsp3) is 0.615. The molecule has 1 unspecified atom stereocenters. The standard InChI is InChI=1S/C13H19NO2/c1-16-10-7-5-9(6-8-10)11-3-2-4-12(14)13(11)15/h2-4,9-11H,5-8,14H2,1H3/t9-,10+,11?. The average molecular weight is 221 g/mol. The molecule has 2 aliphatic carbocycles.